The van der Waals surface area contributed by atoms with E-state index in [2.05, 4.69) is 46.0 Å². The fourth-order valence-electron chi connectivity index (χ4n) is 3.82. The first kappa shape index (κ1) is 12.0. The van der Waals surface area contributed by atoms with E-state index in [9.17, 15) is 0 Å². The van der Waals surface area contributed by atoms with Gasteiger partial charge in [0.1, 0.15) is 6.26 Å². The Morgan fingerprint density at radius 2 is 1.95 bits per heavy atom. The number of hydrogen-bond donors (Lipinski definition) is 0. The van der Waals surface area contributed by atoms with E-state index in [4.69, 9.17) is 4.42 Å². The van der Waals surface area contributed by atoms with Crippen LogP contribution in [0.1, 0.15) is 18.7 Å². The third kappa shape index (κ3) is 1.83. The highest BCUT2D eigenvalue weighted by Crippen LogP contribution is 2.42. The van der Waals surface area contributed by atoms with Crippen molar-refractivity contribution in [2.45, 2.75) is 37.9 Å². The number of aromatic nitrogens is 2. The Morgan fingerprint density at radius 3 is 2.65 bits per heavy atom. The molecule has 4 heterocycles. The maximum Gasteiger partial charge on any atom is 0.198 e. The highest BCUT2D eigenvalue weighted by atomic mass is 16.3. The quantitative estimate of drug-likeness (QED) is 0.800. The van der Waals surface area contributed by atoms with E-state index in [-0.39, 0.29) is 0 Å². The zero-order valence-electron chi connectivity index (χ0n) is 11.7. The molecule has 2 aliphatic heterocycles. The van der Waals surface area contributed by atoms with Crippen LogP contribution in [0.2, 0.25) is 0 Å². The number of rotatable bonds is 4. The number of nitrogens with zero attached hydrogens (tertiary/aromatic N) is 3. The van der Waals surface area contributed by atoms with Gasteiger partial charge in [0.2, 0.25) is 0 Å². The largest absolute Gasteiger partial charge is 0.449 e. The predicted molar refractivity (Wildman–Crippen MR) is 76.2 cm³/mol. The van der Waals surface area contributed by atoms with E-state index in [1.807, 2.05) is 0 Å². The molecule has 4 heteroatoms. The van der Waals surface area contributed by atoms with Crippen LogP contribution in [-0.4, -0.2) is 33.6 Å². The third-order valence-electron chi connectivity index (χ3n) is 4.76. The van der Waals surface area contributed by atoms with Crippen LogP contribution >= 0.6 is 0 Å². The SMILES string of the molecule is CN1C2CCC1C(Cn1cccc1)=C2Cc1ncco1. The second-order valence-corrected chi connectivity index (χ2v) is 5.78. The minimum atomic E-state index is 0.581. The van der Waals surface area contributed by atoms with Crippen LogP contribution in [0.5, 0.6) is 0 Å². The Balaban J connectivity index is 1.67. The molecule has 2 aliphatic rings. The lowest BCUT2D eigenvalue weighted by molar-refractivity contribution is 0.315. The summed E-state index contributed by atoms with van der Waals surface area (Å²) in [5.41, 5.74) is 3.10. The van der Waals surface area contributed by atoms with Crippen LogP contribution in [0.4, 0.5) is 0 Å². The van der Waals surface area contributed by atoms with E-state index in [1.54, 1.807) is 18.0 Å². The highest BCUT2D eigenvalue weighted by Gasteiger charge is 2.43. The highest BCUT2D eigenvalue weighted by molar-refractivity contribution is 5.36. The minimum absolute atomic E-state index is 0.581. The molecule has 2 bridgehead atoms. The summed E-state index contributed by atoms with van der Waals surface area (Å²) < 4.78 is 7.71. The Kier molecular flexibility index (Phi) is 2.77. The maximum atomic E-state index is 5.45. The molecule has 104 valence electrons. The molecule has 0 N–H and O–H groups in total. The van der Waals surface area contributed by atoms with E-state index < -0.39 is 0 Å². The first-order valence-corrected chi connectivity index (χ1v) is 7.26. The van der Waals surface area contributed by atoms with E-state index >= 15 is 0 Å². The van der Waals surface area contributed by atoms with Crippen molar-refractivity contribution in [3.8, 4) is 0 Å². The van der Waals surface area contributed by atoms with Gasteiger partial charge in [-0.2, -0.15) is 0 Å². The summed E-state index contributed by atoms with van der Waals surface area (Å²) in [6, 6.07) is 5.36. The average Bonchev–Trinajstić information content (AvgIpc) is 3.18. The Labute approximate surface area is 118 Å². The summed E-state index contributed by atoms with van der Waals surface area (Å²) in [7, 11) is 2.25. The van der Waals surface area contributed by atoms with Gasteiger partial charge in [-0.3, -0.25) is 4.90 Å². The molecule has 0 saturated carbocycles. The first-order chi connectivity index (χ1) is 9.83. The summed E-state index contributed by atoms with van der Waals surface area (Å²) in [5.74, 6) is 0.839. The molecule has 0 spiro atoms. The van der Waals surface area contributed by atoms with E-state index in [0.29, 0.717) is 12.1 Å². The van der Waals surface area contributed by atoms with Crippen molar-refractivity contribution in [1.29, 1.82) is 0 Å². The molecule has 1 saturated heterocycles. The van der Waals surface area contributed by atoms with Crippen LogP contribution < -0.4 is 0 Å². The van der Waals surface area contributed by atoms with Crippen molar-refractivity contribution in [3.05, 3.63) is 54.0 Å². The monoisotopic (exact) mass is 269 g/mol. The topological polar surface area (TPSA) is 34.2 Å². The molecule has 2 atom stereocenters. The molecular formula is C16H19N3O. The van der Waals surface area contributed by atoms with Gasteiger partial charge in [-0.05, 0) is 43.2 Å². The molecule has 0 aromatic carbocycles. The summed E-state index contributed by atoms with van der Waals surface area (Å²) in [5, 5.41) is 0. The molecule has 0 radical (unpaired) electrons. The lowest BCUT2D eigenvalue weighted by atomic mass is 9.89. The molecule has 2 aromatic heterocycles. The number of oxazole rings is 1. The summed E-state index contributed by atoms with van der Waals surface area (Å²) in [4.78, 5) is 6.82. The number of hydrogen-bond acceptors (Lipinski definition) is 3. The smallest absolute Gasteiger partial charge is 0.198 e. The van der Waals surface area contributed by atoms with Gasteiger partial charge >= 0.3 is 0 Å². The standard InChI is InChI=1S/C16H19N3O/c1-18-14-4-5-15(18)13(11-19-7-2-3-8-19)12(14)10-16-17-6-9-20-16/h2-3,6-9,14-15H,4-5,10-11H2,1H3. The first-order valence-electron chi connectivity index (χ1n) is 7.26. The van der Waals surface area contributed by atoms with Crippen molar-refractivity contribution in [3.63, 3.8) is 0 Å². The van der Waals surface area contributed by atoms with Crippen molar-refractivity contribution < 1.29 is 4.42 Å². The van der Waals surface area contributed by atoms with Crippen molar-refractivity contribution in [2.24, 2.45) is 0 Å². The zero-order chi connectivity index (χ0) is 13.5. The molecule has 2 unspecified atom stereocenters. The molecule has 4 nitrogen and oxygen atoms in total. The second-order valence-electron chi connectivity index (χ2n) is 5.78. The van der Waals surface area contributed by atoms with Gasteiger partial charge in [0.05, 0.1) is 6.20 Å². The summed E-state index contributed by atoms with van der Waals surface area (Å²) in [6.07, 6.45) is 11.1. The number of fused-ring (bicyclic) bond motifs is 2. The van der Waals surface area contributed by atoms with Crippen molar-refractivity contribution in [2.75, 3.05) is 7.05 Å². The van der Waals surface area contributed by atoms with Crippen molar-refractivity contribution in [1.82, 2.24) is 14.5 Å². The van der Waals surface area contributed by atoms with E-state index in [0.717, 1.165) is 18.9 Å². The van der Waals surface area contributed by atoms with Gasteiger partial charge in [-0.15, -0.1) is 0 Å². The molecule has 0 aliphatic carbocycles. The molecule has 1 fully saturated rings. The molecule has 0 amide bonds. The maximum absolute atomic E-state index is 5.45. The lowest BCUT2D eigenvalue weighted by Gasteiger charge is -2.18. The van der Waals surface area contributed by atoms with Gasteiger partial charge < -0.3 is 8.98 Å². The predicted octanol–water partition coefficient (Wildman–Crippen LogP) is 2.49. The summed E-state index contributed by atoms with van der Waals surface area (Å²) in [6.45, 7) is 0.995. The third-order valence-corrected chi connectivity index (χ3v) is 4.76. The normalized spacial score (nSPS) is 25.9. The second kappa shape index (κ2) is 4.63. The van der Waals surface area contributed by atoms with Gasteiger partial charge in [0.25, 0.3) is 0 Å². The molecule has 4 rings (SSSR count). The van der Waals surface area contributed by atoms with Crippen LogP contribution in [0.3, 0.4) is 0 Å². The lowest BCUT2D eigenvalue weighted by Crippen LogP contribution is -2.27. The van der Waals surface area contributed by atoms with Gasteiger partial charge in [-0.25, -0.2) is 4.98 Å². The fraction of sp³-hybridized carbons (Fsp3) is 0.438. The average molecular weight is 269 g/mol. The van der Waals surface area contributed by atoms with Gasteiger partial charge in [-0.1, -0.05) is 0 Å². The van der Waals surface area contributed by atoms with Gasteiger partial charge in [0.15, 0.2) is 5.89 Å². The van der Waals surface area contributed by atoms with Crippen LogP contribution in [0, 0.1) is 0 Å². The minimum Gasteiger partial charge on any atom is -0.449 e. The summed E-state index contributed by atoms with van der Waals surface area (Å²) >= 11 is 0. The Bertz CT molecular complexity index is 558. The molecule has 20 heavy (non-hydrogen) atoms. The number of likely N-dealkylation sites (N-methyl/N-ethyl adjacent to an activating group) is 1. The Morgan fingerprint density at radius 1 is 1.20 bits per heavy atom. The molecular weight excluding hydrogens is 250 g/mol. The van der Waals surface area contributed by atoms with Crippen LogP contribution in [0.25, 0.3) is 0 Å². The van der Waals surface area contributed by atoms with Crippen LogP contribution in [-0.2, 0) is 13.0 Å². The van der Waals surface area contributed by atoms with Crippen molar-refractivity contribution >= 4 is 0 Å². The zero-order valence-corrected chi connectivity index (χ0v) is 11.7. The van der Waals surface area contributed by atoms with Gasteiger partial charge in [0, 0.05) is 37.4 Å². The molecule has 2 aromatic rings. The fourth-order valence-corrected chi connectivity index (χ4v) is 3.82. The van der Waals surface area contributed by atoms with E-state index in [1.165, 1.54) is 18.4 Å². The Hall–Kier alpha value is -1.81. The van der Waals surface area contributed by atoms with Crippen LogP contribution in [0.15, 0.2) is 52.5 Å².